The van der Waals surface area contributed by atoms with Crippen LogP contribution in [0.3, 0.4) is 0 Å². The fourth-order valence-corrected chi connectivity index (χ4v) is 1.93. The Morgan fingerprint density at radius 3 is 2.62 bits per heavy atom. The number of aromatic nitrogens is 3. The number of rotatable bonds is 3. The topological polar surface area (TPSA) is 64.7 Å². The maximum Gasteiger partial charge on any atom is 0.193 e. The van der Waals surface area contributed by atoms with E-state index >= 15 is 0 Å². The molecule has 0 saturated heterocycles. The summed E-state index contributed by atoms with van der Waals surface area (Å²) >= 11 is 7.30. The van der Waals surface area contributed by atoms with Crippen LogP contribution in [0.2, 0.25) is 5.02 Å². The molecule has 0 aliphatic carbocycles. The third-order valence-corrected chi connectivity index (χ3v) is 3.16. The van der Waals surface area contributed by atoms with E-state index < -0.39 is 0 Å². The number of nitrogens with two attached hydrogens (primary N) is 1. The van der Waals surface area contributed by atoms with Crippen molar-refractivity contribution in [1.82, 2.24) is 15.0 Å². The minimum absolute atomic E-state index is 0.440. The summed E-state index contributed by atoms with van der Waals surface area (Å²) in [6.07, 6.45) is 5.08. The van der Waals surface area contributed by atoms with E-state index in [2.05, 4.69) is 15.0 Å². The van der Waals surface area contributed by atoms with Gasteiger partial charge in [-0.05, 0) is 23.9 Å². The molecule has 0 bridgehead atoms. The first-order chi connectivity index (χ1) is 7.79. The summed E-state index contributed by atoms with van der Waals surface area (Å²) in [7, 11) is 0. The van der Waals surface area contributed by atoms with Gasteiger partial charge in [0.1, 0.15) is 5.03 Å². The maximum absolute atomic E-state index is 5.97. The molecule has 2 aromatic rings. The molecule has 0 saturated carbocycles. The highest BCUT2D eigenvalue weighted by Gasteiger charge is 2.05. The highest BCUT2D eigenvalue weighted by atomic mass is 35.5. The molecule has 0 unspecified atom stereocenters. The number of nitrogens with zero attached hydrogens (tertiary/aromatic N) is 3. The van der Waals surface area contributed by atoms with Gasteiger partial charge in [0.25, 0.3) is 0 Å². The van der Waals surface area contributed by atoms with Crippen LogP contribution in [0.5, 0.6) is 0 Å². The first-order valence-corrected chi connectivity index (χ1v) is 5.78. The van der Waals surface area contributed by atoms with Gasteiger partial charge >= 0.3 is 0 Å². The Hall–Kier alpha value is -1.17. The predicted octanol–water partition coefficient (Wildman–Crippen LogP) is 2.13. The zero-order valence-corrected chi connectivity index (χ0v) is 9.87. The van der Waals surface area contributed by atoms with E-state index in [4.69, 9.17) is 17.3 Å². The molecule has 0 atom stereocenters. The SMILES string of the molecule is NCc1cnc(Sc2ncccc2Cl)nc1. The Bertz CT molecular complexity index is 475. The van der Waals surface area contributed by atoms with E-state index in [0.29, 0.717) is 21.7 Å². The molecule has 82 valence electrons. The van der Waals surface area contributed by atoms with Crippen LogP contribution in [0.4, 0.5) is 0 Å². The third kappa shape index (κ3) is 2.69. The number of hydrogen-bond acceptors (Lipinski definition) is 5. The fourth-order valence-electron chi connectivity index (χ4n) is 1.03. The lowest BCUT2D eigenvalue weighted by atomic mass is 10.4. The van der Waals surface area contributed by atoms with Gasteiger partial charge < -0.3 is 5.73 Å². The van der Waals surface area contributed by atoms with Crippen LogP contribution in [-0.2, 0) is 6.54 Å². The molecular formula is C10H9ClN4S. The Labute approximate surface area is 102 Å². The second-order valence-corrected chi connectivity index (χ2v) is 4.33. The second kappa shape index (κ2) is 5.25. The minimum Gasteiger partial charge on any atom is -0.326 e. The number of halogens is 1. The van der Waals surface area contributed by atoms with Gasteiger partial charge in [0, 0.05) is 30.7 Å². The van der Waals surface area contributed by atoms with E-state index in [0.717, 1.165) is 5.56 Å². The zero-order chi connectivity index (χ0) is 11.4. The van der Waals surface area contributed by atoms with Crippen molar-refractivity contribution in [3.63, 3.8) is 0 Å². The van der Waals surface area contributed by atoms with Crippen molar-refractivity contribution in [3.8, 4) is 0 Å². The average Bonchev–Trinajstić information content (AvgIpc) is 2.33. The van der Waals surface area contributed by atoms with Crippen molar-refractivity contribution >= 4 is 23.4 Å². The summed E-state index contributed by atoms with van der Waals surface area (Å²) in [6.45, 7) is 0.440. The molecule has 0 amide bonds. The highest BCUT2D eigenvalue weighted by molar-refractivity contribution is 7.99. The monoisotopic (exact) mass is 252 g/mol. The van der Waals surface area contributed by atoms with Crippen molar-refractivity contribution in [3.05, 3.63) is 41.3 Å². The maximum atomic E-state index is 5.97. The van der Waals surface area contributed by atoms with Gasteiger partial charge in [-0.25, -0.2) is 15.0 Å². The first kappa shape index (κ1) is 11.3. The van der Waals surface area contributed by atoms with E-state index in [-0.39, 0.29) is 0 Å². The molecule has 2 N–H and O–H groups in total. The van der Waals surface area contributed by atoms with Crippen LogP contribution in [0.15, 0.2) is 40.9 Å². The predicted molar refractivity (Wildman–Crippen MR) is 63.3 cm³/mol. The Morgan fingerprint density at radius 1 is 1.25 bits per heavy atom. The fraction of sp³-hybridized carbons (Fsp3) is 0.100. The van der Waals surface area contributed by atoms with Crippen molar-refractivity contribution in [2.75, 3.05) is 0 Å². The van der Waals surface area contributed by atoms with Crippen molar-refractivity contribution < 1.29 is 0 Å². The summed E-state index contributed by atoms with van der Waals surface area (Å²) in [6, 6.07) is 3.57. The molecule has 0 radical (unpaired) electrons. The van der Waals surface area contributed by atoms with E-state index in [9.17, 15) is 0 Å². The van der Waals surface area contributed by atoms with Gasteiger partial charge in [0.15, 0.2) is 5.16 Å². The summed E-state index contributed by atoms with van der Waals surface area (Å²) in [5.41, 5.74) is 6.36. The molecule has 0 aliphatic rings. The lowest BCUT2D eigenvalue weighted by molar-refractivity contribution is 0.911. The van der Waals surface area contributed by atoms with Crippen molar-refractivity contribution in [2.24, 2.45) is 5.73 Å². The van der Waals surface area contributed by atoms with Gasteiger partial charge in [-0.15, -0.1) is 0 Å². The van der Waals surface area contributed by atoms with Crippen LogP contribution in [0, 0.1) is 0 Å². The smallest absolute Gasteiger partial charge is 0.193 e. The number of pyridine rings is 1. The van der Waals surface area contributed by atoms with Gasteiger partial charge in [0.2, 0.25) is 0 Å². The quantitative estimate of drug-likeness (QED) is 0.848. The molecule has 4 nitrogen and oxygen atoms in total. The third-order valence-electron chi connectivity index (χ3n) is 1.83. The highest BCUT2D eigenvalue weighted by Crippen LogP contribution is 2.28. The summed E-state index contributed by atoms with van der Waals surface area (Å²) < 4.78 is 0. The van der Waals surface area contributed by atoms with Gasteiger partial charge in [-0.2, -0.15) is 0 Å². The Balaban J connectivity index is 2.18. The molecule has 6 heteroatoms. The lowest BCUT2D eigenvalue weighted by Crippen LogP contribution is -1.98. The molecular weight excluding hydrogens is 244 g/mol. The van der Waals surface area contributed by atoms with Gasteiger partial charge in [-0.3, -0.25) is 0 Å². The van der Waals surface area contributed by atoms with Gasteiger partial charge in [0.05, 0.1) is 5.02 Å². The lowest BCUT2D eigenvalue weighted by Gasteiger charge is -2.01. The van der Waals surface area contributed by atoms with E-state index in [1.807, 2.05) is 0 Å². The molecule has 2 rings (SSSR count). The molecule has 0 aromatic carbocycles. The second-order valence-electron chi connectivity index (χ2n) is 2.97. The first-order valence-electron chi connectivity index (χ1n) is 4.59. The Kier molecular flexibility index (Phi) is 3.71. The van der Waals surface area contributed by atoms with Crippen molar-refractivity contribution in [2.45, 2.75) is 16.7 Å². The standard InChI is InChI=1S/C10H9ClN4S/c11-8-2-1-3-13-9(8)16-10-14-5-7(4-12)6-15-10/h1-3,5-6H,4,12H2. The molecule has 0 fully saturated rings. The van der Waals surface area contributed by atoms with E-state index in [1.165, 1.54) is 11.8 Å². The molecule has 2 heterocycles. The van der Waals surface area contributed by atoms with Gasteiger partial charge in [-0.1, -0.05) is 11.6 Å². The minimum atomic E-state index is 0.440. The normalized spacial score (nSPS) is 10.4. The van der Waals surface area contributed by atoms with Crippen LogP contribution in [0.1, 0.15) is 5.56 Å². The zero-order valence-electron chi connectivity index (χ0n) is 8.30. The van der Waals surface area contributed by atoms with Crippen LogP contribution in [0.25, 0.3) is 0 Å². The Morgan fingerprint density at radius 2 is 2.00 bits per heavy atom. The molecule has 2 aromatic heterocycles. The van der Waals surface area contributed by atoms with Crippen molar-refractivity contribution in [1.29, 1.82) is 0 Å². The van der Waals surface area contributed by atoms with Crippen LogP contribution < -0.4 is 5.73 Å². The molecule has 0 spiro atoms. The van der Waals surface area contributed by atoms with Crippen LogP contribution in [-0.4, -0.2) is 15.0 Å². The van der Waals surface area contributed by atoms with E-state index in [1.54, 1.807) is 30.7 Å². The van der Waals surface area contributed by atoms with Crippen LogP contribution >= 0.6 is 23.4 Å². The largest absolute Gasteiger partial charge is 0.326 e. The summed E-state index contributed by atoms with van der Waals surface area (Å²) in [4.78, 5) is 12.5. The molecule has 16 heavy (non-hydrogen) atoms. The summed E-state index contributed by atoms with van der Waals surface area (Å²) in [5.74, 6) is 0. The summed E-state index contributed by atoms with van der Waals surface area (Å²) in [5, 5.41) is 1.90. The molecule has 0 aliphatic heterocycles. The average molecular weight is 253 g/mol. The number of hydrogen-bond donors (Lipinski definition) is 1.